The second-order valence-electron chi connectivity index (χ2n) is 4.57. The van der Waals surface area contributed by atoms with Crippen LogP contribution in [0.2, 0.25) is 5.02 Å². The van der Waals surface area contributed by atoms with E-state index in [1.807, 2.05) is 13.0 Å². The highest BCUT2D eigenvalue weighted by Gasteiger charge is 2.04. The Bertz CT molecular complexity index is 687. The van der Waals surface area contributed by atoms with Crippen LogP contribution in [0.4, 0.5) is 10.1 Å². The van der Waals surface area contributed by atoms with Crippen molar-refractivity contribution in [3.63, 3.8) is 0 Å². The van der Waals surface area contributed by atoms with Gasteiger partial charge in [-0.25, -0.2) is 4.39 Å². The van der Waals surface area contributed by atoms with Crippen molar-refractivity contribution in [2.75, 3.05) is 11.9 Å². The maximum absolute atomic E-state index is 12.7. The van der Waals surface area contributed by atoms with Crippen molar-refractivity contribution in [3.05, 3.63) is 64.4 Å². The third kappa shape index (κ3) is 4.86. The number of nitrogens with zero attached hydrogens (tertiary/aromatic N) is 1. The molecular formula is C16H14ClFN2O2. The molecule has 1 N–H and O–H groups in total. The third-order valence-corrected chi connectivity index (χ3v) is 3.20. The minimum Gasteiger partial charge on any atom is -0.386 e. The van der Waals surface area contributed by atoms with E-state index in [9.17, 15) is 9.18 Å². The van der Waals surface area contributed by atoms with Crippen molar-refractivity contribution in [1.82, 2.24) is 0 Å². The van der Waals surface area contributed by atoms with Crippen LogP contribution in [-0.2, 0) is 9.63 Å². The third-order valence-electron chi connectivity index (χ3n) is 2.80. The fourth-order valence-corrected chi connectivity index (χ4v) is 1.79. The van der Waals surface area contributed by atoms with Gasteiger partial charge in [0, 0.05) is 10.7 Å². The van der Waals surface area contributed by atoms with Gasteiger partial charge in [-0.1, -0.05) is 35.0 Å². The van der Waals surface area contributed by atoms with Crippen LogP contribution in [0.25, 0.3) is 0 Å². The molecular weight excluding hydrogens is 307 g/mol. The van der Waals surface area contributed by atoms with Crippen LogP contribution < -0.4 is 5.32 Å². The molecule has 0 aliphatic heterocycles. The van der Waals surface area contributed by atoms with E-state index in [0.717, 1.165) is 5.56 Å². The number of amides is 1. The summed E-state index contributed by atoms with van der Waals surface area (Å²) in [6.45, 7) is 1.64. The molecule has 114 valence electrons. The van der Waals surface area contributed by atoms with Gasteiger partial charge in [0.05, 0.1) is 6.21 Å². The predicted molar refractivity (Wildman–Crippen MR) is 84.8 cm³/mol. The fourth-order valence-electron chi connectivity index (χ4n) is 1.61. The molecule has 22 heavy (non-hydrogen) atoms. The maximum atomic E-state index is 12.7. The number of anilines is 1. The molecule has 0 unspecified atom stereocenters. The maximum Gasteiger partial charge on any atom is 0.265 e. The van der Waals surface area contributed by atoms with Gasteiger partial charge in [-0.15, -0.1) is 0 Å². The lowest BCUT2D eigenvalue weighted by atomic mass is 10.2. The Morgan fingerprint density at radius 2 is 2.05 bits per heavy atom. The van der Waals surface area contributed by atoms with Crippen LogP contribution in [0.5, 0.6) is 0 Å². The zero-order valence-electron chi connectivity index (χ0n) is 11.8. The minimum absolute atomic E-state index is 0.233. The Balaban J connectivity index is 1.80. The smallest absolute Gasteiger partial charge is 0.265 e. The largest absolute Gasteiger partial charge is 0.386 e. The van der Waals surface area contributed by atoms with E-state index in [1.165, 1.54) is 18.3 Å². The normalized spacial score (nSPS) is 10.7. The van der Waals surface area contributed by atoms with Crippen molar-refractivity contribution >= 4 is 29.4 Å². The van der Waals surface area contributed by atoms with Gasteiger partial charge < -0.3 is 10.2 Å². The summed E-state index contributed by atoms with van der Waals surface area (Å²) in [5, 5.41) is 6.87. The Kier molecular flexibility index (Phi) is 5.49. The summed E-state index contributed by atoms with van der Waals surface area (Å²) in [6.07, 6.45) is 1.40. The van der Waals surface area contributed by atoms with E-state index in [1.54, 1.807) is 24.3 Å². The summed E-state index contributed by atoms with van der Waals surface area (Å²) in [6, 6.07) is 11.0. The van der Waals surface area contributed by atoms with E-state index in [0.29, 0.717) is 16.3 Å². The standard InChI is InChI=1S/C16H14ClFN2O2/c1-11-2-7-14(8-15(11)17)20-16(21)10-22-19-9-12-3-5-13(18)6-4-12/h2-9H,10H2,1H3,(H,20,21)/b19-9+. The molecule has 1 amide bonds. The lowest BCUT2D eigenvalue weighted by Gasteiger charge is -2.06. The van der Waals surface area contributed by atoms with Crippen molar-refractivity contribution < 1.29 is 14.0 Å². The number of benzene rings is 2. The highest BCUT2D eigenvalue weighted by atomic mass is 35.5. The predicted octanol–water partition coefficient (Wildman–Crippen LogP) is 3.78. The van der Waals surface area contributed by atoms with Crippen LogP contribution in [0.3, 0.4) is 0 Å². The Hall–Kier alpha value is -2.40. The molecule has 2 rings (SSSR count). The van der Waals surface area contributed by atoms with Crippen LogP contribution in [0.15, 0.2) is 47.6 Å². The first-order valence-corrected chi connectivity index (χ1v) is 6.89. The summed E-state index contributed by atoms with van der Waals surface area (Å²) in [5.74, 6) is -0.676. The summed E-state index contributed by atoms with van der Waals surface area (Å²) in [7, 11) is 0. The van der Waals surface area contributed by atoms with Gasteiger partial charge in [0.1, 0.15) is 5.82 Å². The number of oxime groups is 1. The number of aryl methyl sites for hydroxylation is 1. The van der Waals surface area contributed by atoms with Gasteiger partial charge >= 0.3 is 0 Å². The highest BCUT2D eigenvalue weighted by Crippen LogP contribution is 2.19. The first kappa shape index (κ1) is 16.0. The molecule has 0 aliphatic rings. The molecule has 0 fully saturated rings. The molecule has 0 spiro atoms. The second kappa shape index (κ2) is 7.56. The fraction of sp³-hybridized carbons (Fsp3) is 0.125. The average molecular weight is 321 g/mol. The highest BCUT2D eigenvalue weighted by molar-refractivity contribution is 6.31. The van der Waals surface area contributed by atoms with Gasteiger partial charge in [0.15, 0.2) is 6.61 Å². The number of rotatable bonds is 5. The van der Waals surface area contributed by atoms with Crippen molar-refractivity contribution in [3.8, 4) is 0 Å². The number of hydrogen-bond donors (Lipinski definition) is 1. The molecule has 6 heteroatoms. The molecule has 0 radical (unpaired) electrons. The molecule has 4 nitrogen and oxygen atoms in total. The summed E-state index contributed by atoms with van der Waals surface area (Å²) in [4.78, 5) is 16.5. The Morgan fingerprint density at radius 3 is 2.73 bits per heavy atom. The monoisotopic (exact) mass is 320 g/mol. The molecule has 0 heterocycles. The van der Waals surface area contributed by atoms with E-state index >= 15 is 0 Å². The topological polar surface area (TPSA) is 50.7 Å². The minimum atomic E-state index is -0.351. The number of hydrogen-bond acceptors (Lipinski definition) is 3. The quantitative estimate of drug-likeness (QED) is 0.673. The van der Waals surface area contributed by atoms with Gasteiger partial charge in [0.25, 0.3) is 5.91 Å². The van der Waals surface area contributed by atoms with Crippen LogP contribution >= 0.6 is 11.6 Å². The van der Waals surface area contributed by atoms with Gasteiger partial charge in [0.2, 0.25) is 0 Å². The molecule has 0 bridgehead atoms. The molecule has 0 aliphatic carbocycles. The molecule has 2 aromatic carbocycles. The van der Waals surface area contributed by atoms with Crippen molar-refractivity contribution in [2.24, 2.45) is 5.16 Å². The van der Waals surface area contributed by atoms with Crippen LogP contribution in [-0.4, -0.2) is 18.7 Å². The number of carbonyl (C=O) groups is 1. The number of nitrogens with one attached hydrogen (secondary N) is 1. The zero-order chi connectivity index (χ0) is 15.9. The second-order valence-corrected chi connectivity index (χ2v) is 4.98. The lowest BCUT2D eigenvalue weighted by Crippen LogP contribution is -2.17. The Morgan fingerprint density at radius 1 is 1.32 bits per heavy atom. The first-order valence-electron chi connectivity index (χ1n) is 6.51. The van der Waals surface area contributed by atoms with E-state index in [4.69, 9.17) is 16.4 Å². The van der Waals surface area contributed by atoms with Crippen LogP contribution in [0.1, 0.15) is 11.1 Å². The van der Waals surface area contributed by atoms with Crippen LogP contribution in [0, 0.1) is 12.7 Å². The van der Waals surface area contributed by atoms with E-state index < -0.39 is 0 Å². The summed E-state index contributed by atoms with van der Waals surface area (Å²) >= 11 is 5.97. The molecule has 2 aromatic rings. The molecule has 0 saturated carbocycles. The van der Waals surface area contributed by atoms with Gasteiger partial charge in [-0.05, 0) is 42.3 Å². The van der Waals surface area contributed by atoms with Gasteiger partial charge in [-0.2, -0.15) is 0 Å². The van der Waals surface area contributed by atoms with Crippen molar-refractivity contribution in [1.29, 1.82) is 0 Å². The SMILES string of the molecule is Cc1ccc(NC(=O)CO/N=C/c2ccc(F)cc2)cc1Cl. The zero-order valence-corrected chi connectivity index (χ0v) is 12.6. The number of carbonyl (C=O) groups excluding carboxylic acids is 1. The molecule has 0 saturated heterocycles. The first-order chi connectivity index (χ1) is 10.5. The van der Waals surface area contributed by atoms with Crippen molar-refractivity contribution in [2.45, 2.75) is 6.92 Å². The lowest BCUT2D eigenvalue weighted by molar-refractivity contribution is -0.120. The summed E-state index contributed by atoms with van der Waals surface area (Å²) in [5.41, 5.74) is 2.19. The van der Waals surface area contributed by atoms with E-state index in [2.05, 4.69) is 10.5 Å². The number of halogens is 2. The molecule has 0 atom stereocenters. The van der Waals surface area contributed by atoms with Gasteiger partial charge in [-0.3, -0.25) is 4.79 Å². The summed E-state index contributed by atoms with van der Waals surface area (Å²) < 4.78 is 12.7. The van der Waals surface area contributed by atoms with E-state index in [-0.39, 0.29) is 18.3 Å². The molecule has 0 aromatic heterocycles. The Labute approximate surface area is 132 Å². The average Bonchev–Trinajstić information content (AvgIpc) is 2.49.